The number of pyridine rings is 1. The lowest BCUT2D eigenvalue weighted by molar-refractivity contribution is 0.569. The second-order valence-electron chi connectivity index (χ2n) is 4.58. The zero-order chi connectivity index (χ0) is 14.3. The van der Waals surface area contributed by atoms with Crippen molar-refractivity contribution in [1.29, 1.82) is 0 Å². The van der Waals surface area contributed by atoms with E-state index in [-0.39, 0.29) is 11.8 Å². The van der Waals surface area contributed by atoms with Crippen molar-refractivity contribution >= 4 is 21.6 Å². The number of thioether (sulfide) groups is 1. The van der Waals surface area contributed by atoms with Crippen LogP contribution >= 0.6 is 11.8 Å². The molecule has 1 unspecified atom stereocenters. The predicted octanol–water partition coefficient (Wildman–Crippen LogP) is 2.28. The van der Waals surface area contributed by atoms with Gasteiger partial charge in [-0.05, 0) is 37.6 Å². The van der Waals surface area contributed by atoms with Crippen LogP contribution in [0.25, 0.3) is 0 Å². The number of nitrogens with zero attached hydrogens (tertiary/aromatic N) is 1. The molecule has 1 heterocycles. The van der Waals surface area contributed by atoms with Gasteiger partial charge in [0.15, 0.2) is 0 Å². The minimum absolute atomic E-state index is 0.188. The summed E-state index contributed by atoms with van der Waals surface area (Å²) >= 11 is 1.48. The highest BCUT2D eigenvalue weighted by molar-refractivity contribution is 8.00. The van der Waals surface area contributed by atoms with Crippen LogP contribution in [0.5, 0.6) is 0 Å². The summed E-state index contributed by atoms with van der Waals surface area (Å²) in [6, 6.07) is 4.31. The molecular formula is C13H22N2O2S2. The standard InChI is InChI=1S/C13H22N2O2S2/c1-4-6-14-11(2)12-5-7-15-13(10-12)18-8-9-19(3,16)17/h5,7,10-11,14H,4,6,8-9H2,1-3H3. The number of aromatic nitrogens is 1. The van der Waals surface area contributed by atoms with E-state index in [1.165, 1.54) is 23.6 Å². The van der Waals surface area contributed by atoms with E-state index in [4.69, 9.17) is 0 Å². The molecule has 108 valence electrons. The van der Waals surface area contributed by atoms with Crippen LogP contribution < -0.4 is 5.32 Å². The fraction of sp³-hybridized carbons (Fsp3) is 0.615. The first kappa shape index (κ1) is 16.5. The van der Waals surface area contributed by atoms with Crippen molar-refractivity contribution in [2.75, 3.05) is 24.3 Å². The minimum Gasteiger partial charge on any atom is -0.310 e. The highest BCUT2D eigenvalue weighted by Crippen LogP contribution is 2.20. The highest BCUT2D eigenvalue weighted by Gasteiger charge is 2.07. The van der Waals surface area contributed by atoms with Gasteiger partial charge in [-0.25, -0.2) is 13.4 Å². The lowest BCUT2D eigenvalue weighted by Crippen LogP contribution is -2.19. The molecule has 0 bridgehead atoms. The monoisotopic (exact) mass is 302 g/mol. The van der Waals surface area contributed by atoms with Gasteiger partial charge in [0.1, 0.15) is 9.84 Å². The van der Waals surface area contributed by atoms with Crippen LogP contribution in [0.3, 0.4) is 0 Å². The summed E-state index contributed by atoms with van der Waals surface area (Å²) in [6.45, 7) is 5.24. The van der Waals surface area contributed by atoms with Crippen LogP contribution in [0.2, 0.25) is 0 Å². The van der Waals surface area contributed by atoms with Crippen LogP contribution in [-0.4, -0.2) is 37.7 Å². The molecule has 0 radical (unpaired) electrons. The van der Waals surface area contributed by atoms with E-state index < -0.39 is 9.84 Å². The van der Waals surface area contributed by atoms with Gasteiger partial charge < -0.3 is 5.32 Å². The average Bonchev–Trinajstić information content (AvgIpc) is 2.35. The van der Waals surface area contributed by atoms with E-state index in [0.29, 0.717) is 5.75 Å². The summed E-state index contributed by atoms with van der Waals surface area (Å²) in [6.07, 6.45) is 4.14. The summed E-state index contributed by atoms with van der Waals surface area (Å²) in [5, 5.41) is 4.30. The SMILES string of the molecule is CCCNC(C)c1ccnc(SCCS(C)(=O)=O)c1. The second-order valence-corrected chi connectivity index (χ2v) is 7.96. The van der Waals surface area contributed by atoms with Crippen molar-refractivity contribution < 1.29 is 8.42 Å². The molecular weight excluding hydrogens is 280 g/mol. The Bertz CT molecular complexity index is 489. The molecule has 0 aliphatic carbocycles. The quantitative estimate of drug-likeness (QED) is 0.747. The van der Waals surface area contributed by atoms with Crippen molar-refractivity contribution in [3.05, 3.63) is 23.9 Å². The van der Waals surface area contributed by atoms with Crippen molar-refractivity contribution in [2.45, 2.75) is 31.3 Å². The first-order chi connectivity index (χ1) is 8.92. The molecule has 1 N–H and O–H groups in total. The van der Waals surface area contributed by atoms with E-state index in [1.807, 2.05) is 12.1 Å². The molecule has 0 aliphatic heterocycles. The topological polar surface area (TPSA) is 59.1 Å². The summed E-state index contributed by atoms with van der Waals surface area (Å²) in [5.74, 6) is 0.735. The third-order valence-corrected chi connectivity index (χ3v) is 4.79. The summed E-state index contributed by atoms with van der Waals surface area (Å²) in [5.41, 5.74) is 1.19. The zero-order valence-electron chi connectivity index (χ0n) is 11.7. The molecule has 6 heteroatoms. The number of hydrogen-bond acceptors (Lipinski definition) is 5. The van der Waals surface area contributed by atoms with Gasteiger partial charge in [0.25, 0.3) is 0 Å². The molecule has 0 fully saturated rings. The molecule has 1 atom stereocenters. The Morgan fingerprint density at radius 1 is 1.47 bits per heavy atom. The maximum atomic E-state index is 11.1. The molecule has 4 nitrogen and oxygen atoms in total. The molecule has 0 spiro atoms. The van der Waals surface area contributed by atoms with Gasteiger partial charge in [-0.1, -0.05) is 6.92 Å². The first-order valence-corrected chi connectivity index (χ1v) is 9.47. The molecule has 0 amide bonds. The van der Waals surface area contributed by atoms with Crippen molar-refractivity contribution in [3.63, 3.8) is 0 Å². The van der Waals surface area contributed by atoms with Crippen LogP contribution in [0.1, 0.15) is 31.9 Å². The molecule has 19 heavy (non-hydrogen) atoms. The Labute approximate surface area is 120 Å². The maximum Gasteiger partial charge on any atom is 0.148 e. The number of hydrogen-bond donors (Lipinski definition) is 1. The summed E-state index contributed by atoms with van der Waals surface area (Å²) in [4.78, 5) is 4.26. The van der Waals surface area contributed by atoms with Crippen LogP contribution in [-0.2, 0) is 9.84 Å². The number of nitrogens with one attached hydrogen (secondary N) is 1. The third-order valence-electron chi connectivity index (χ3n) is 2.66. The molecule has 1 aromatic rings. The van der Waals surface area contributed by atoms with Crippen molar-refractivity contribution in [3.8, 4) is 0 Å². The molecule has 1 rings (SSSR count). The molecule has 0 aromatic carbocycles. The molecule has 0 saturated heterocycles. The van der Waals surface area contributed by atoms with Crippen LogP contribution in [0.15, 0.2) is 23.4 Å². The normalized spacial score (nSPS) is 13.4. The van der Waals surface area contributed by atoms with Gasteiger partial charge in [-0.3, -0.25) is 0 Å². The van der Waals surface area contributed by atoms with E-state index in [0.717, 1.165) is 18.0 Å². The van der Waals surface area contributed by atoms with Crippen molar-refractivity contribution in [1.82, 2.24) is 10.3 Å². The summed E-state index contributed by atoms with van der Waals surface area (Å²) < 4.78 is 22.1. The van der Waals surface area contributed by atoms with E-state index >= 15 is 0 Å². The molecule has 0 saturated carbocycles. The van der Waals surface area contributed by atoms with Crippen molar-refractivity contribution in [2.24, 2.45) is 0 Å². The van der Waals surface area contributed by atoms with Gasteiger partial charge in [-0.2, -0.15) is 0 Å². The van der Waals surface area contributed by atoms with Crippen LogP contribution in [0.4, 0.5) is 0 Å². The van der Waals surface area contributed by atoms with E-state index in [1.54, 1.807) is 6.20 Å². The summed E-state index contributed by atoms with van der Waals surface area (Å²) in [7, 11) is -2.89. The fourth-order valence-electron chi connectivity index (χ4n) is 1.55. The third kappa shape index (κ3) is 6.94. The van der Waals surface area contributed by atoms with Gasteiger partial charge in [-0.15, -0.1) is 11.8 Å². The smallest absolute Gasteiger partial charge is 0.148 e. The number of sulfone groups is 1. The highest BCUT2D eigenvalue weighted by atomic mass is 32.2. The maximum absolute atomic E-state index is 11.1. The van der Waals surface area contributed by atoms with Gasteiger partial charge in [0.05, 0.1) is 10.8 Å². The zero-order valence-corrected chi connectivity index (χ0v) is 13.4. The second kappa shape index (κ2) is 7.87. The van der Waals surface area contributed by atoms with Gasteiger partial charge in [0, 0.05) is 24.2 Å². The lowest BCUT2D eigenvalue weighted by Gasteiger charge is -2.14. The average molecular weight is 302 g/mol. The van der Waals surface area contributed by atoms with E-state index in [2.05, 4.69) is 24.1 Å². The Kier molecular flexibility index (Phi) is 6.82. The lowest BCUT2D eigenvalue weighted by atomic mass is 10.1. The Morgan fingerprint density at radius 2 is 2.21 bits per heavy atom. The Balaban J connectivity index is 2.56. The molecule has 1 aromatic heterocycles. The minimum atomic E-state index is -2.89. The van der Waals surface area contributed by atoms with Gasteiger partial charge >= 0.3 is 0 Å². The fourth-order valence-corrected chi connectivity index (χ4v) is 3.66. The van der Waals surface area contributed by atoms with Gasteiger partial charge in [0.2, 0.25) is 0 Å². The van der Waals surface area contributed by atoms with Crippen LogP contribution in [0, 0.1) is 0 Å². The largest absolute Gasteiger partial charge is 0.310 e. The van der Waals surface area contributed by atoms with E-state index in [9.17, 15) is 8.42 Å². The Morgan fingerprint density at radius 3 is 2.84 bits per heavy atom. The number of rotatable bonds is 8. The molecule has 0 aliphatic rings. The predicted molar refractivity (Wildman–Crippen MR) is 81.4 cm³/mol. The Hall–Kier alpha value is -0.590. The first-order valence-electron chi connectivity index (χ1n) is 6.42.